The number of carbonyl (C=O) groups is 2. The maximum atomic E-state index is 13.8. The molecule has 3 aromatic rings. The van der Waals surface area contributed by atoms with Gasteiger partial charge < -0.3 is 14.5 Å². The van der Waals surface area contributed by atoms with E-state index in [1.54, 1.807) is 11.0 Å². The molecule has 0 aromatic heterocycles. The Hall–Kier alpha value is -3.86. The van der Waals surface area contributed by atoms with Crippen molar-refractivity contribution in [2.24, 2.45) is 5.92 Å². The summed E-state index contributed by atoms with van der Waals surface area (Å²) in [6.45, 7) is -0.894. The van der Waals surface area contributed by atoms with Crippen LogP contribution in [-0.4, -0.2) is 33.1 Å². The summed E-state index contributed by atoms with van der Waals surface area (Å²) in [5.41, 5.74) is 5.46. The second-order valence-corrected chi connectivity index (χ2v) is 9.69. The predicted molar refractivity (Wildman–Crippen MR) is 151 cm³/mol. The van der Waals surface area contributed by atoms with Crippen molar-refractivity contribution in [3.63, 3.8) is 0 Å². The number of esters is 1. The SMILES string of the molecule is [2H]C(c1ccc(-c2ccc(N(C)C)cc2)cc1)N(C(=O)C1CCCCC1)c1cccc(/C=C/C(=O)OC)c1. The van der Waals surface area contributed by atoms with Crippen LogP contribution in [-0.2, 0) is 20.8 Å². The van der Waals surface area contributed by atoms with E-state index in [1.807, 2.05) is 62.6 Å². The van der Waals surface area contributed by atoms with Gasteiger partial charge in [0.15, 0.2) is 0 Å². The van der Waals surface area contributed by atoms with E-state index in [0.29, 0.717) is 5.69 Å². The lowest BCUT2D eigenvalue weighted by Crippen LogP contribution is -2.36. The van der Waals surface area contributed by atoms with Gasteiger partial charge in [0.25, 0.3) is 0 Å². The van der Waals surface area contributed by atoms with Crippen molar-refractivity contribution < 1.29 is 15.7 Å². The third-order valence-corrected chi connectivity index (χ3v) is 6.86. The molecule has 0 saturated heterocycles. The van der Waals surface area contributed by atoms with Gasteiger partial charge in [-0.2, -0.15) is 0 Å². The topological polar surface area (TPSA) is 49.9 Å². The van der Waals surface area contributed by atoms with Crippen LogP contribution in [0.25, 0.3) is 17.2 Å². The quantitative estimate of drug-likeness (QED) is 0.256. The van der Waals surface area contributed by atoms with Gasteiger partial charge in [-0.1, -0.05) is 67.8 Å². The second kappa shape index (κ2) is 12.4. The molecule has 0 N–H and O–H groups in total. The Kier molecular flexibility index (Phi) is 8.32. The van der Waals surface area contributed by atoms with Crippen LogP contribution in [0.15, 0.2) is 78.9 Å². The van der Waals surface area contributed by atoms with E-state index in [9.17, 15) is 11.0 Å². The van der Waals surface area contributed by atoms with Gasteiger partial charge in [-0.25, -0.2) is 4.79 Å². The van der Waals surface area contributed by atoms with Crippen LogP contribution in [0.1, 0.15) is 44.6 Å². The Morgan fingerprint density at radius 1 is 0.919 bits per heavy atom. The van der Waals surface area contributed by atoms with Crippen molar-refractivity contribution in [3.8, 4) is 11.1 Å². The summed E-state index contributed by atoms with van der Waals surface area (Å²) in [5.74, 6) is -0.539. The van der Waals surface area contributed by atoms with Crippen molar-refractivity contribution in [2.75, 3.05) is 31.0 Å². The molecule has 5 nitrogen and oxygen atoms in total. The van der Waals surface area contributed by atoms with E-state index in [0.717, 1.165) is 60.0 Å². The molecule has 0 spiro atoms. The van der Waals surface area contributed by atoms with Crippen molar-refractivity contribution >= 4 is 29.3 Å². The zero-order chi connectivity index (χ0) is 27.1. The van der Waals surface area contributed by atoms with Crippen LogP contribution in [0.2, 0.25) is 0 Å². The van der Waals surface area contributed by atoms with Crippen molar-refractivity contribution in [3.05, 3.63) is 90.0 Å². The molecule has 1 fully saturated rings. The number of ether oxygens (including phenoxy) is 1. The highest BCUT2D eigenvalue weighted by Crippen LogP contribution is 2.30. The molecule has 0 aliphatic heterocycles. The molecule has 3 aromatic carbocycles. The average molecular weight is 498 g/mol. The van der Waals surface area contributed by atoms with Gasteiger partial charge in [-0.05, 0) is 65.4 Å². The van der Waals surface area contributed by atoms with Crippen molar-refractivity contribution in [1.29, 1.82) is 0 Å². The molecule has 37 heavy (non-hydrogen) atoms. The molecule has 1 aliphatic rings. The Morgan fingerprint density at radius 3 is 2.19 bits per heavy atom. The van der Waals surface area contributed by atoms with Crippen molar-refractivity contribution in [1.82, 2.24) is 0 Å². The van der Waals surface area contributed by atoms with Gasteiger partial charge in [-0.3, -0.25) is 4.79 Å². The standard InChI is InChI=1S/C32H36N2O3/c1-33(2)29-19-17-27(18-20-29)26-15-12-25(13-16-26)23-34(32(36)28-9-5-4-6-10-28)30-11-7-8-24(22-30)14-21-31(35)37-3/h7-8,11-22,28H,4-6,9-10,23H2,1-3H3/b21-14+/i23D. The molecule has 0 bridgehead atoms. The fourth-order valence-corrected chi connectivity index (χ4v) is 4.68. The van der Waals surface area contributed by atoms with Crippen LogP contribution in [0.3, 0.4) is 0 Å². The van der Waals surface area contributed by atoms with Crippen LogP contribution >= 0.6 is 0 Å². The smallest absolute Gasteiger partial charge is 0.330 e. The summed E-state index contributed by atoms with van der Waals surface area (Å²) < 4.78 is 13.9. The van der Waals surface area contributed by atoms with Crippen LogP contribution in [0, 0.1) is 5.92 Å². The average Bonchev–Trinajstić information content (AvgIpc) is 2.96. The van der Waals surface area contributed by atoms with Gasteiger partial charge in [-0.15, -0.1) is 0 Å². The minimum Gasteiger partial charge on any atom is -0.466 e. The monoisotopic (exact) mass is 497 g/mol. The first kappa shape index (κ1) is 24.8. The van der Waals surface area contributed by atoms with E-state index in [2.05, 4.69) is 29.2 Å². The second-order valence-electron chi connectivity index (χ2n) is 9.69. The summed E-state index contributed by atoms with van der Waals surface area (Å²) in [5, 5.41) is 0. The summed E-state index contributed by atoms with van der Waals surface area (Å²) in [6, 6.07) is 23.7. The molecular formula is C32H36N2O3. The number of amides is 1. The van der Waals surface area contributed by atoms with E-state index < -0.39 is 12.5 Å². The van der Waals surface area contributed by atoms with Crippen LogP contribution in [0.5, 0.6) is 0 Å². The molecule has 1 saturated carbocycles. The van der Waals surface area contributed by atoms with Gasteiger partial charge in [0.05, 0.1) is 15.0 Å². The number of hydrogen-bond acceptors (Lipinski definition) is 4. The summed E-state index contributed by atoms with van der Waals surface area (Å²) in [6.07, 6.45) is 7.95. The minimum atomic E-state index is -0.894. The fraction of sp³-hybridized carbons (Fsp3) is 0.312. The number of benzene rings is 3. The van der Waals surface area contributed by atoms with Gasteiger partial charge >= 0.3 is 5.97 Å². The molecule has 192 valence electrons. The van der Waals surface area contributed by atoms with E-state index in [1.165, 1.54) is 13.2 Å². The van der Waals surface area contributed by atoms with E-state index in [4.69, 9.17) is 4.74 Å². The first-order valence-corrected chi connectivity index (χ1v) is 12.9. The third-order valence-electron chi connectivity index (χ3n) is 6.86. The highest BCUT2D eigenvalue weighted by molar-refractivity contribution is 5.95. The van der Waals surface area contributed by atoms with Crippen LogP contribution in [0.4, 0.5) is 11.4 Å². The normalized spacial score (nSPS) is 15.2. The molecule has 5 heteroatoms. The van der Waals surface area contributed by atoms with Gasteiger partial charge in [0, 0.05) is 37.5 Å². The lowest BCUT2D eigenvalue weighted by molar-refractivity contribution is -0.134. The highest BCUT2D eigenvalue weighted by atomic mass is 16.5. The molecular weight excluding hydrogens is 460 g/mol. The number of carbonyl (C=O) groups excluding carboxylic acids is 2. The van der Waals surface area contributed by atoms with Gasteiger partial charge in [0.2, 0.25) is 5.91 Å². The maximum Gasteiger partial charge on any atom is 0.330 e. The number of nitrogens with zero attached hydrogens (tertiary/aromatic N) is 2. The lowest BCUT2D eigenvalue weighted by atomic mass is 9.88. The molecule has 0 radical (unpaired) electrons. The fourth-order valence-electron chi connectivity index (χ4n) is 4.68. The van der Waals surface area contributed by atoms with Crippen molar-refractivity contribution in [2.45, 2.75) is 38.6 Å². The first-order chi connectivity index (χ1) is 18.4. The summed E-state index contributed by atoms with van der Waals surface area (Å²) in [4.78, 5) is 29.1. The van der Waals surface area contributed by atoms with Gasteiger partial charge in [0.1, 0.15) is 0 Å². The predicted octanol–water partition coefficient (Wildman–Crippen LogP) is 6.72. The Labute approximate surface area is 221 Å². The van der Waals surface area contributed by atoms with Crippen LogP contribution < -0.4 is 9.80 Å². The Balaban J connectivity index is 1.63. The lowest BCUT2D eigenvalue weighted by Gasteiger charge is -2.30. The molecule has 1 unspecified atom stereocenters. The highest BCUT2D eigenvalue weighted by Gasteiger charge is 2.27. The van der Waals surface area contributed by atoms with E-state index >= 15 is 0 Å². The number of hydrogen-bond donors (Lipinski definition) is 0. The first-order valence-electron chi connectivity index (χ1n) is 13.4. The Morgan fingerprint density at radius 2 is 1.57 bits per heavy atom. The largest absolute Gasteiger partial charge is 0.466 e. The number of rotatable bonds is 8. The minimum absolute atomic E-state index is 0.0119. The molecule has 4 rings (SSSR count). The molecule has 1 atom stereocenters. The molecule has 1 amide bonds. The number of anilines is 2. The summed E-state index contributed by atoms with van der Waals surface area (Å²) in [7, 11) is 5.37. The third kappa shape index (κ3) is 6.88. The number of methoxy groups -OCH3 is 1. The Bertz CT molecular complexity index is 1260. The van der Waals surface area contributed by atoms with E-state index in [-0.39, 0.29) is 11.8 Å². The maximum absolute atomic E-state index is 13.8. The molecule has 0 heterocycles. The summed E-state index contributed by atoms with van der Waals surface area (Å²) >= 11 is 0. The zero-order valence-electron chi connectivity index (χ0n) is 22.9. The molecule has 1 aliphatic carbocycles. The zero-order valence-corrected chi connectivity index (χ0v) is 21.9.